The van der Waals surface area contributed by atoms with E-state index < -0.39 is 0 Å². The summed E-state index contributed by atoms with van der Waals surface area (Å²) in [5, 5.41) is 2.22. The van der Waals surface area contributed by atoms with Crippen molar-refractivity contribution in [3.8, 4) is 0 Å². The molecule has 108 valence electrons. The first kappa shape index (κ1) is 13.1. The fourth-order valence-corrected chi connectivity index (χ4v) is 3.08. The van der Waals surface area contributed by atoms with E-state index in [1.807, 2.05) is 6.07 Å². The number of pyridine rings is 2. The van der Waals surface area contributed by atoms with E-state index in [9.17, 15) is 0 Å². The second kappa shape index (κ2) is 4.73. The van der Waals surface area contributed by atoms with Crippen molar-refractivity contribution in [2.24, 2.45) is 7.05 Å². The van der Waals surface area contributed by atoms with Crippen molar-refractivity contribution in [3.05, 3.63) is 52.9 Å². The molecule has 0 atom stereocenters. The lowest BCUT2D eigenvalue weighted by Gasteiger charge is -2.18. The van der Waals surface area contributed by atoms with Crippen LogP contribution in [0.1, 0.15) is 5.56 Å². The zero-order chi connectivity index (χ0) is 15.3. The van der Waals surface area contributed by atoms with Gasteiger partial charge >= 0.3 is 6.85 Å². The van der Waals surface area contributed by atoms with Crippen LogP contribution in [0, 0.1) is 6.92 Å². The van der Waals surface area contributed by atoms with Crippen molar-refractivity contribution >= 4 is 35.9 Å². The smallest absolute Gasteiger partial charge is 0.402 e. The first-order valence-corrected chi connectivity index (χ1v) is 7.45. The van der Waals surface area contributed by atoms with E-state index in [4.69, 9.17) is 4.42 Å². The molecule has 22 heavy (non-hydrogen) atoms. The Labute approximate surface area is 129 Å². The van der Waals surface area contributed by atoms with Gasteiger partial charge in [0.05, 0.1) is 13.2 Å². The third-order valence-electron chi connectivity index (χ3n) is 4.15. The maximum Gasteiger partial charge on any atom is 0.402 e. The Hall–Kier alpha value is -2.56. The van der Waals surface area contributed by atoms with Crippen molar-refractivity contribution < 1.29 is 8.98 Å². The minimum absolute atomic E-state index is 0.252. The molecule has 5 heteroatoms. The fourth-order valence-electron chi connectivity index (χ4n) is 3.08. The molecular weight excluding hydrogens is 273 g/mol. The molecule has 0 aliphatic carbocycles. The summed E-state index contributed by atoms with van der Waals surface area (Å²) in [4.78, 5) is 6.53. The standard InChI is InChI=1S/C17H17BN3O/c1-12-6-7-16(20(3)10-12)21-11-15-14(9-18(21)2)13-5-4-8-19-17(13)22-15/h4-11H,1-3H3/q+1. The Morgan fingerprint density at radius 2 is 2.14 bits per heavy atom. The maximum absolute atomic E-state index is 5.91. The van der Waals surface area contributed by atoms with Crippen molar-refractivity contribution in [2.75, 3.05) is 4.81 Å². The van der Waals surface area contributed by atoms with Gasteiger partial charge in [0, 0.05) is 22.9 Å². The molecule has 0 saturated carbocycles. The van der Waals surface area contributed by atoms with Crippen molar-refractivity contribution in [1.82, 2.24) is 4.98 Å². The number of rotatable bonds is 1. The lowest BCUT2D eigenvalue weighted by Crippen LogP contribution is -2.47. The average Bonchev–Trinajstić information content (AvgIpc) is 2.85. The van der Waals surface area contributed by atoms with Crippen LogP contribution in [0.25, 0.3) is 23.3 Å². The van der Waals surface area contributed by atoms with E-state index in [1.165, 1.54) is 5.56 Å². The minimum Gasteiger partial charge on any atom is -0.434 e. The molecule has 3 aromatic rings. The average molecular weight is 290 g/mol. The minimum atomic E-state index is 0.252. The maximum atomic E-state index is 5.91. The lowest BCUT2D eigenvalue weighted by atomic mass is 9.61. The van der Waals surface area contributed by atoms with Crippen molar-refractivity contribution in [3.63, 3.8) is 0 Å². The summed E-state index contributed by atoms with van der Waals surface area (Å²) in [5.74, 6) is 3.37. The molecule has 4 rings (SSSR count). The van der Waals surface area contributed by atoms with Crippen LogP contribution < -0.4 is 20.0 Å². The van der Waals surface area contributed by atoms with E-state index in [0.717, 1.165) is 21.8 Å². The van der Waals surface area contributed by atoms with Crippen LogP contribution in [0.15, 0.2) is 41.1 Å². The Morgan fingerprint density at radius 1 is 1.27 bits per heavy atom. The lowest BCUT2D eigenvalue weighted by molar-refractivity contribution is -0.658. The highest BCUT2D eigenvalue weighted by atomic mass is 16.3. The largest absolute Gasteiger partial charge is 0.434 e. The summed E-state index contributed by atoms with van der Waals surface area (Å²) in [6.45, 7) is 4.54. The molecule has 3 aromatic heterocycles. The van der Waals surface area contributed by atoms with Gasteiger partial charge in [-0.2, -0.15) is 0 Å². The van der Waals surface area contributed by atoms with Crippen LogP contribution in [-0.4, -0.2) is 11.8 Å². The zero-order valence-electron chi connectivity index (χ0n) is 12.9. The number of fused-ring (bicyclic) bond motifs is 3. The van der Waals surface area contributed by atoms with E-state index in [0.29, 0.717) is 5.71 Å². The van der Waals surface area contributed by atoms with Gasteiger partial charge in [-0.25, -0.2) is 9.55 Å². The predicted octanol–water partition coefficient (Wildman–Crippen LogP) is 1.16. The Kier molecular flexibility index (Phi) is 2.82. The van der Waals surface area contributed by atoms with Gasteiger partial charge in [-0.05, 0) is 37.5 Å². The summed E-state index contributed by atoms with van der Waals surface area (Å²) >= 11 is 0. The first-order chi connectivity index (χ1) is 10.6. The van der Waals surface area contributed by atoms with Gasteiger partial charge < -0.3 is 4.42 Å². The second-order valence-corrected chi connectivity index (χ2v) is 5.86. The van der Waals surface area contributed by atoms with Gasteiger partial charge in [0.25, 0.3) is 5.82 Å². The molecule has 0 N–H and O–H groups in total. The first-order valence-electron chi connectivity index (χ1n) is 7.45. The SMILES string of the molecule is CB1C=c2c(oc3ncccc23)=CN1c1ccc(C)c[n+]1C. The van der Waals surface area contributed by atoms with E-state index in [1.54, 1.807) is 6.20 Å². The van der Waals surface area contributed by atoms with Crippen molar-refractivity contribution in [2.45, 2.75) is 13.7 Å². The number of hydrogen-bond acceptors (Lipinski definition) is 3. The number of hydrogen-bond donors (Lipinski definition) is 0. The second-order valence-electron chi connectivity index (χ2n) is 5.86. The molecule has 4 nitrogen and oxygen atoms in total. The molecule has 4 heterocycles. The summed E-state index contributed by atoms with van der Waals surface area (Å²) in [6.07, 6.45) is 5.97. The molecule has 0 bridgehead atoms. The van der Waals surface area contributed by atoms with Crippen LogP contribution >= 0.6 is 0 Å². The predicted molar refractivity (Wildman–Crippen MR) is 88.6 cm³/mol. The molecule has 1 aliphatic rings. The highest BCUT2D eigenvalue weighted by molar-refractivity contribution is 6.77. The Bertz CT molecular complexity index is 993. The summed E-state index contributed by atoms with van der Waals surface area (Å²) in [6, 6.07) is 8.28. The van der Waals surface area contributed by atoms with Gasteiger partial charge in [-0.15, -0.1) is 0 Å². The highest BCUT2D eigenvalue weighted by Crippen LogP contribution is 2.15. The van der Waals surface area contributed by atoms with Gasteiger partial charge in [-0.3, -0.25) is 4.81 Å². The van der Waals surface area contributed by atoms with Crippen LogP contribution in [-0.2, 0) is 7.05 Å². The summed E-state index contributed by atoms with van der Waals surface area (Å²) in [5.41, 5.74) is 2.81. The van der Waals surface area contributed by atoms with E-state index >= 15 is 0 Å². The molecular formula is C17H17BN3O+. The molecule has 0 saturated heterocycles. The van der Waals surface area contributed by atoms with Gasteiger partial charge in [0.2, 0.25) is 5.71 Å². The molecule has 0 fully saturated rings. The Morgan fingerprint density at radius 3 is 2.95 bits per heavy atom. The number of anilines is 1. The van der Waals surface area contributed by atoms with Gasteiger partial charge in [0.15, 0.2) is 5.42 Å². The van der Waals surface area contributed by atoms with Crippen LogP contribution in [0.4, 0.5) is 5.82 Å². The topological polar surface area (TPSA) is 33.2 Å². The monoisotopic (exact) mass is 290 g/mol. The van der Waals surface area contributed by atoms with Crippen LogP contribution in [0.3, 0.4) is 0 Å². The molecule has 0 amide bonds. The number of aryl methyl sites for hydroxylation is 2. The van der Waals surface area contributed by atoms with Crippen LogP contribution in [0.2, 0.25) is 6.82 Å². The quantitative estimate of drug-likeness (QED) is 0.498. The van der Waals surface area contributed by atoms with E-state index in [2.05, 4.69) is 71.7 Å². The summed E-state index contributed by atoms with van der Waals surface area (Å²) in [7, 11) is 2.07. The van der Waals surface area contributed by atoms with Crippen molar-refractivity contribution in [1.29, 1.82) is 0 Å². The Balaban J connectivity index is 1.94. The molecule has 0 unspecified atom stereocenters. The highest BCUT2D eigenvalue weighted by Gasteiger charge is 2.29. The van der Waals surface area contributed by atoms with Gasteiger partial charge in [-0.1, -0.05) is 5.98 Å². The molecule has 0 spiro atoms. The number of furan rings is 1. The third kappa shape index (κ3) is 1.93. The number of aromatic nitrogens is 2. The van der Waals surface area contributed by atoms with E-state index in [-0.39, 0.29) is 6.85 Å². The normalized spacial score (nSPS) is 13.8. The molecule has 0 aromatic carbocycles. The zero-order valence-corrected chi connectivity index (χ0v) is 12.9. The third-order valence-corrected chi connectivity index (χ3v) is 4.15. The summed E-state index contributed by atoms with van der Waals surface area (Å²) < 4.78 is 8.05. The molecule has 0 radical (unpaired) electrons. The van der Waals surface area contributed by atoms with Gasteiger partial charge in [0.1, 0.15) is 6.20 Å². The number of nitrogens with zero attached hydrogens (tertiary/aromatic N) is 3. The van der Waals surface area contributed by atoms with Crippen LogP contribution in [0.5, 0.6) is 0 Å². The molecule has 1 aliphatic heterocycles. The fraction of sp³-hybridized carbons (Fsp3) is 0.176.